The summed E-state index contributed by atoms with van der Waals surface area (Å²) >= 11 is 6.02. The van der Waals surface area contributed by atoms with Crippen LogP contribution in [0.5, 0.6) is 5.75 Å². The average Bonchev–Trinajstić information content (AvgIpc) is 3.43. The van der Waals surface area contributed by atoms with E-state index in [0.29, 0.717) is 29.4 Å². The molecule has 2 aromatic carbocycles. The minimum atomic E-state index is -0.356. The molecule has 0 aliphatic heterocycles. The molecule has 0 saturated heterocycles. The molecule has 0 atom stereocenters. The zero-order valence-electron chi connectivity index (χ0n) is 17.3. The molecule has 0 unspecified atom stereocenters. The molecule has 1 amide bonds. The number of ether oxygens (including phenoxy) is 1. The smallest absolute Gasteiger partial charge is 0.291 e. The molecule has 4 rings (SSSR count). The number of allylic oxidation sites excluding steroid dienone is 1. The molecule has 6 nitrogen and oxygen atoms in total. The standard InChI is InChI=1S/C25H22ClN3O3/c1-2-6-19-8-3-4-10-23(19)31-17-22-11-12-24(32-22)25(30)28-21-14-27-29(16-21)15-18-7-5-9-20(26)13-18/h2-5,7-14,16H,1,6,15,17H2,(H,28,30). The van der Waals surface area contributed by atoms with Gasteiger partial charge >= 0.3 is 0 Å². The topological polar surface area (TPSA) is 69.3 Å². The van der Waals surface area contributed by atoms with Crippen molar-refractivity contribution >= 4 is 23.2 Å². The SMILES string of the molecule is C=CCc1ccccc1OCc1ccc(C(=O)Nc2cnn(Cc3cccc(Cl)c3)c2)o1. The number of furan rings is 1. The van der Waals surface area contributed by atoms with Gasteiger partial charge in [-0.3, -0.25) is 9.48 Å². The molecule has 7 heteroatoms. The zero-order valence-corrected chi connectivity index (χ0v) is 18.1. The third-order valence-electron chi connectivity index (χ3n) is 4.72. The number of aromatic nitrogens is 2. The number of hydrogen-bond acceptors (Lipinski definition) is 4. The lowest BCUT2D eigenvalue weighted by molar-refractivity contribution is 0.0992. The van der Waals surface area contributed by atoms with E-state index in [9.17, 15) is 4.79 Å². The van der Waals surface area contributed by atoms with Gasteiger partial charge in [-0.2, -0.15) is 5.10 Å². The van der Waals surface area contributed by atoms with Gasteiger partial charge in [0.05, 0.1) is 18.4 Å². The van der Waals surface area contributed by atoms with Crippen LogP contribution in [-0.4, -0.2) is 15.7 Å². The van der Waals surface area contributed by atoms with Crippen molar-refractivity contribution in [1.29, 1.82) is 0 Å². The van der Waals surface area contributed by atoms with Crippen LogP contribution in [0.3, 0.4) is 0 Å². The molecule has 0 saturated carbocycles. The van der Waals surface area contributed by atoms with E-state index in [1.165, 1.54) is 0 Å². The van der Waals surface area contributed by atoms with Gasteiger partial charge in [0, 0.05) is 11.2 Å². The van der Waals surface area contributed by atoms with Gasteiger partial charge in [-0.05, 0) is 47.9 Å². The number of carbonyl (C=O) groups excluding carboxylic acids is 1. The Morgan fingerprint density at radius 3 is 2.91 bits per heavy atom. The Morgan fingerprint density at radius 2 is 2.06 bits per heavy atom. The molecular formula is C25H22ClN3O3. The number of nitrogens with zero attached hydrogens (tertiary/aromatic N) is 2. The molecule has 0 spiro atoms. The predicted molar refractivity (Wildman–Crippen MR) is 124 cm³/mol. The fourth-order valence-electron chi connectivity index (χ4n) is 3.22. The van der Waals surface area contributed by atoms with Crippen LogP contribution in [0.1, 0.15) is 27.4 Å². The number of benzene rings is 2. The van der Waals surface area contributed by atoms with Crippen molar-refractivity contribution in [2.75, 3.05) is 5.32 Å². The maximum Gasteiger partial charge on any atom is 0.291 e. The van der Waals surface area contributed by atoms with Crippen LogP contribution in [-0.2, 0) is 19.6 Å². The Balaban J connectivity index is 1.34. The summed E-state index contributed by atoms with van der Waals surface area (Å²) in [4.78, 5) is 12.5. The van der Waals surface area contributed by atoms with Crippen molar-refractivity contribution in [1.82, 2.24) is 9.78 Å². The molecule has 0 aliphatic carbocycles. The zero-order chi connectivity index (χ0) is 22.3. The van der Waals surface area contributed by atoms with Crippen molar-refractivity contribution in [3.8, 4) is 5.75 Å². The van der Waals surface area contributed by atoms with Crippen LogP contribution in [0.2, 0.25) is 5.02 Å². The van der Waals surface area contributed by atoms with Crippen molar-refractivity contribution in [2.24, 2.45) is 0 Å². The van der Waals surface area contributed by atoms with Crippen molar-refractivity contribution < 1.29 is 13.9 Å². The van der Waals surface area contributed by atoms with Gasteiger partial charge in [0.25, 0.3) is 5.91 Å². The Kier molecular flexibility index (Phi) is 6.72. The number of nitrogens with one attached hydrogen (secondary N) is 1. The van der Waals surface area contributed by atoms with Gasteiger partial charge in [-0.1, -0.05) is 48.0 Å². The lowest BCUT2D eigenvalue weighted by atomic mass is 10.1. The molecule has 0 aliphatic rings. The first-order chi connectivity index (χ1) is 15.6. The molecule has 2 heterocycles. The molecule has 162 valence electrons. The molecule has 2 aromatic heterocycles. The number of para-hydroxylation sites is 1. The second-order valence-corrected chi connectivity index (χ2v) is 7.60. The molecule has 1 N–H and O–H groups in total. The van der Waals surface area contributed by atoms with Crippen LogP contribution in [0, 0.1) is 0 Å². The molecule has 0 bridgehead atoms. The Bertz CT molecular complexity index is 1230. The van der Waals surface area contributed by atoms with E-state index in [1.54, 1.807) is 29.2 Å². The Hall–Kier alpha value is -3.77. The van der Waals surface area contributed by atoms with Crippen LogP contribution in [0.4, 0.5) is 5.69 Å². The molecule has 0 radical (unpaired) electrons. The minimum Gasteiger partial charge on any atom is -0.485 e. The molecular weight excluding hydrogens is 426 g/mol. The number of hydrogen-bond donors (Lipinski definition) is 1. The van der Waals surface area contributed by atoms with Crippen molar-refractivity contribution in [3.63, 3.8) is 0 Å². The first-order valence-electron chi connectivity index (χ1n) is 10.1. The summed E-state index contributed by atoms with van der Waals surface area (Å²) in [5, 5.41) is 7.75. The first-order valence-corrected chi connectivity index (χ1v) is 10.5. The van der Waals surface area contributed by atoms with E-state index in [2.05, 4.69) is 17.0 Å². The lowest BCUT2D eigenvalue weighted by Gasteiger charge is -2.08. The maximum absolute atomic E-state index is 12.5. The van der Waals surface area contributed by atoms with Crippen LogP contribution < -0.4 is 10.1 Å². The van der Waals surface area contributed by atoms with Gasteiger partial charge in [-0.15, -0.1) is 6.58 Å². The summed E-state index contributed by atoms with van der Waals surface area (Å²) in [6.45, 7) is 4.54. The number of carbonyl (C=O) groups is 1. The lowest BCUT2D eigenvalue weighted by Crippen LogP contribution is -2.10. The number of anilines is 1. The fraction of sp³-hybridized carbons (Fsp3) is 0.120. The van der Waals surface area contributed by atoms with Gasteiger partial charge in [0.2, 0.25) is 0 Å². The largest absolute Gasteiger partial charge is 0.485 e. The minimum absolute atomic E-state index is 0.200. The summed E-state index contributed by atoms with van der Waals surface area (Å²) in [5.74, 6) is 1.17. The summed E-state index contributed by atoms with van der Waals surface area (Å²) in [6, 6.07) is 18.7. The van der Waals surface area contributed by atoms with E-state index in [1.807, 2.05) is 54.6 Å². The Morgan fingerprint density at radius 1 is 1.19 bits per heavy atom. The summed E-state index contributed by atoms with van der Waals surface area (Å²) in [7, 11) is 0. The first kappa shape index (κ1) is 21.5. The molecule has 0 fully saturated rings. The summed E-state index contributed by atoms with van der Waals surface area (Å²) < 4.78 is 13.2. The second kappa shape index (κ2) is 10.0. The van der Waals surface area contributed by atoms with Crippen LogP contribution in [0.25, 0.3) is 0 Å². The summed E-state index contributed by atoms with van der Waals surface area (Å²) in [6.07, 6.45) is 5.88. The summed E-state index contributed by atoms with van der Waals surface area (Å²) in [5.41, 5.74) is 2.63. The van der Waals surface area contributed by atoms with Gasteiger partial charge in [0.1, 0.15) is 18.1 Å². The maximum atomic E-state index is 12.5. The molecule has 4 aromatic rings. The quantitative estimate of drug-likeness (QED) is 0.332. The van der Waals surface area contributed by atoms with Gasteiger partial charge in [-0.25, -0.2) is 0 Å². The normalized spacial score (nSPS) is 10.7. The van der Waals surface area contributed by atoms with E-state index in [4.69, 9.17) is 20.8 Å². The monoisotopic (exact) mass is 447 g/mol. The van der Waals surface area contributed by atoms with Crippen molar-refractivity contribution in [3.05, 3.63) is 113 Å². The number of halogens is 1. The second-order valence-electron chi connectivity index (χ2n) is 7.17. The van der Waals surface area contributed by atoms with Crippen molar-refractivity contribution in [2.45, 2.75) is 19.6 Å². The highest BCUT2D eigenvalue weighted by Crippen LogP contribution is 2.21. The number of rotatable bonds is 9. The van der Waals surface area contributed by atoms with Gasteiger partial charge < -0.3 is 14.5 Å². The van der Waals surface area contributed by atoms with E-state index < -0.39 is 0 Å². The Labute approximate surface area is 191 Å². The highest BCUT2D eigenvalue weighted by molar-refractivity contribution is 6.30. The van der Waals surface area contributed by atoms with Crippen LogP contribution >= 0.6 is 11.6 Å². The highest BCUT2D eigenvalue weighted by atomic mass is 35.5. The van der Waals surface area contributed by atoms with E-state index in [-0.39, 0.29) is 18.3 Å². The highest BCUT2D eigenvalue weighted by Gasteiger charge is 2.13. The van der Waals surface area contributed by atoms with E-state index >= 15 is 0 Å². The fourth-order valence-corrected chi connectivity index (χ4v) is 3.44. The van der Waals surface area contributed by atoms with Gasteiger partial charge in [0.15, 0.2) is 5.76 Å². The van der Waals surface area contributed by atoms with E-state index in [0.717, 1.165) is 16.9 Å². The third kappa shape index (κ3) is 5.47. The number of amides is 1. The molecule has 32 heavy (non-hydrogen) atoms. The average molecular weight is 448 g/mol. The van der Waals surface area contributed by atoms with Crippen LogP contribution in [0.15, 0.2) is 90.1 Å². The third-order valence-corrected chi connectivity index (χ3v) is 4.95. The predicted octanol–water partition coefficient (Wildman–Crippen LogP) is 5.74.